The molecule has 7 heteroatoms. The number of amides is 4. The number of urea groups is 1. The standard InChI is InChI=1S/C16H20N4O3/c1-19-13-5-4-12(9-11(13)3-6-15(19)22)18-14(21)10-20-8-2-7-17-16(20)23/h4-5,9H,2-3,6-8,10H2,1H3,(H,17,23)(H,18,21). The summed E-state index contributed by atoms with van der Waals surface area (Å²) in [5.41, 5.74) is 2.61. The largest absolute Gasteiger partial charge is 0.338 e. The highest BCUT2D eigenvalue weighted by Crippen LogP contribution is 2.29. The number of benzene rings is 1. The average Bonchev–Trinajstić information content (AvgIpc) is 2.53. The van der Waals surface area contributed by atoms with Gasteiger partial charge in [-0.2, -0.15) is 0 Å². The van der Waals surface area contributed by atoms with Crippen LogP contribution in [0.25, 0.3) is 0 Å². The number of nitrogens with one attached hydrogen (secondary N) is 2. The van der Waals surface area contributed by atoms with Crippen LogP contribution in [0.3, 0.4) is 0 Å². The monoisotopic (exact) mass is 316 g/mol. The van der Waals surface area contributed by atoms with Gasteiger partial charge in [-0.3, -0.25) is 9.59 Å². The summed E-state index contributed by atoms with van der Waals surface area (Å²) in [6.45, 7) is 1.30. The summed E-state index contributed by atoms with van der Waals surface area (Å²) in [4.78, 5) is 38.6. The van der Waals surface area contributed by atoms with Gasteiger partial charge in [0.2, 0.25) is 11.8 Å². The van der Waals surface area contributed by atoms with E-state index in [1.54, 1.807) is 18.0 Å². The molecule has 4 amide bonds. The maximum Gasteiger partial charge on any atom is 0.317 e. The van der Waals surface area contributed by atoms with Crippen LogP contribution in [-0.2, 0) is 16.0 Å². The van der Waals surface area contributed by atoms with Crippen molar-refractivity contribution in [2.75, 3.05) is 36.9 Å². The molecule has 0 spiro atoms. The van der Waals surface area contributed by atoms with Crippen LogP contribution in [0.5, 0.6) is 0 Å². The second-order valence-electron chi connectivity index (χ2n) is 5.85. The summed E-state index contributed by atoms with van der Waals surface area (Å²) in [5.74, 6) is -0.118. The molecule has 2 N–H and O–H groups in total. The maximum atomic E-state index is 12.1. The second kappa shape index (κ2) is 6.28. The first-order valence-corrected chi connectivity index (χ1v) is 7.77. The lowest BCUT2D eigenvalue weighted by Crippen LogP contribution is -2.49. The molecule has 2 aliphatic heterocycles. The molecule has 2 aliphatic rings. The summed E-state index contributed by atoms with van der Waals surface area (Å²) in [6, 6.07) is 5.32. The van der Waals surface area contributed by atoms with Crippen LogP contribution >= 0.6 is 0 Å². The fourth-order valence-electron chi connectivity index (χ4n) is 2.94. The zero-order chi connectivity index (χ0) is 16.4. The van der Waals surface area contributed by atoms with Gasteiger partial charge in [-0.15, -0.1) is 0 Å². The molecule has 0 aromatic heterocycles. The smallest absolute Gasteiger partial charge is 0.317 e. The van der Waals surface area contributed by atoms with E-state index in [2.05, 4.69) is 10.6 Å². The van der Waals surface area contributed by atoms with Gasteiger partial charge in [0.15, 0.2) is 0 Å². The minimum absolute atomic E-state index is 0.0430. The Bertz CT molecular complexity index is 659. The van der Waals surface area contributed by atoms with E-state index in [1.165, 1.54) is 4.90 Å². The number of hydrogen-bond donors (Lipinski definition) is 2. The first-order valence-electron chi connectivity index (χ1n) is 7.77. The SMILES string of the molecule is CN1C(=O)CCc2cc(NC(=O)CN3CCCNC3=O)ccc21. The number of anilines is 2. The van der Waals surface area contributed by atoms with Crippen molar-refractivity contribution in [1.29, 1.82) is 0 Å². The van der Waals surface area contributed by atoms with Crippen molar-refractivity contribution in [1.82, 2.24) is 10.2 Å². The maximum absolute atomic E-state index is 12.1. The van der Waals surface area contributed by atoms with Gasteiger partial charge >= 0.3 is 6.03 Å². The lowest BCUT2D eigenvalue weighted by atomic mass is 10.0. The fraction of sp³-hybridized carbons (Fsp3) is 0.438. The zero-order valence-electron chi connectivity index (χ0n) is 13.1. The number of aryl methyl sites for hydroxylation is 1. The highest BCUT2D eigenvalue weighted by molar-refractivity contribution is 5.98. The number of hydrogen-bond acceptors (Lipinski definition) is 3. The molecule has 0 aliphatic carbocycles. The molecule has 0 saturated carbocycles. The van der Waals surface area contributed by atoms with E-state index in [-0.39, 0.29) is 24.4 Å². The van der Waals surface area contributed by atoms with E-state index in [0.717, 1.165) is 17.7 Å². The molecule has 1 saturated heterocycles. The summed E-state index contributed by atoms with van der Waals surface area (Å²) < 4.78 is 0. The first kappa shape index (κ1) is 15.3. The Hall–Kier alpha value is -2.57. The molecule has 0 unspecified atom stereocenters. The summed E-state index contributed by atoms with van der Waals surface area (Å²) in [7, 11) is 1.76. The van der Waals surface area contributed by atoms with Gasteiger partial charge in [-0.05, 0) is 36.6 Å². The van der Waals surface area contributed by atoms with Gasteiger partial charge in [0.05, 0.1) is 0 Å². The lowest BCUT2D eigenvalue weighted by molar-refractivity contribution is -0.118. The quantitative estimate of drug-likeness (QED) is 0.871. The van der Waals surface area contributed by atoms with Gasteiger partial charge in [-0.1, -0.05) is 0 Å². The number of carbonyl (C=O) groups is 3. The van der Waals surface area contributed by atoms with Crippen molar-refractivity contribution in [2.24, 2.45) is 0 Å². The highest BCUT2D eigenvalue weighted by atomic mass is 16.2. The molecule has 2 heterocycles. The van der Waals surface area contributed by atoms with Gasteiger partial charge in [-0.25, -0.2) is 4.79 Å². The number of carbonyl (C=O) groups excluding carboxylic acids is 3. The van der Waals surface area contributed by atoms with E-state index in [9.17, 15) is 14.4 Å². The van der Waals surface area contributed by atoms with Crippen LogP contribution in [0.1, 0.15) is 18.4 Å². The Morgan fingerprint density at radius 2 is 2.13 bits per heavy atom. The van der Waals surface area contributed by atoms with Crippen LogP contribution in [0.2, 0.25) is 0 Å². The molecular weight excluding hydrogens is 296 g/mol. The molecule has 3 rings (SSSR count). The zero-order valence-corrected chi connectivity index (χ0v) is 13.1. The van der Waals surface area contributed by atoms with Crippen LogP contribution in [0.4, 0.5) is 16.2 Å². The van der Waals surface area contributed by atoms with Crippen molar-refractivity contribution in [2.45, 2.75) is 19.3 Å². The highest BCUT2D eigenvalue weighted by Gasteiger charge is 2.22. The van der Waals surface area contributed by atoms with Crippen LogP contribution in [-0.4, -0.2) is 49.4 Å². The summed E-state index contributed by atoms with van der Waals surface area (Å²) in [6.07, 6.45) is 2.00. The molecule has 0 bridgehead atoms. The summed E-state index contributed by atoms with van der Waals surface area (Å²) >= 11 is 0. The van der Waals surface area contributed by atoms with Crippen molar-refractivity contribution in [3.63, 3.8) is 0 Å². The van der Waals surface area contributed by atoms with Crippen LogP contribution in [0.15, 0.2) is 18.2 Å². The Balaban J connectivity index is 1.65. The minimum Gasteiger partial charge on any atom is -0.338 e. The normalized spacial score (nSPS) is 17.6. The Labute approximate surface area is 134 Å². The number of rotatable bonds is 3. The van der Waals surface area contributed by atoms with Crippen molar-refractivity contribution in [3.05, 3.63) is 23.8 Å². The molecule has 0 atom stereocenters. The Kier molecular flexibility index (Phi) is 4.18. The Morgan fingerprint density at radius 1 is 1.30 bits per heavy atom. The van der Waals surface area contributed by atoms with E-state index >= 15 is 0 Å². The predicted molar refractivity (Wildman–Crippen MR) is 86.4 cm³/mol. The van der Waals surface area contributed by atoms with Crippen molar-refractivity contribution >= 4 is 29.2 Å². The molecular formula is C16H20N4O3. The van der Waals surface area contributed by atoms with E-state index in [1.807, 2.05) is 12.1 Å². The van der Waals surface area contributed by atoms with Crippen molar-refractivity contribution in [3.8, 4) is 0 Å². The molecule has 0 radical (unpaired) electrons. The van der Waals surface area contributed by atoms with Gasteiger partial charge in [0.25, 0.3) is 0 Å². The van der Waals surface area contributed by atoms with Crippen LogP contribution in [0, 0.1) is 0 Å². The third-order valence-electron chi connectivity index (χ3n) is 4.21. The molecule has 1 aromatic carbocycles. The second-order valence-corrected chi connectivity index (χ2v) is 5.85. The fourth-order valence-corrected chi connectivity index (χ4v) is 2.94. The molecule has 1 aromatic rings. The molecule has 23 heavy (non-hydrogen) atoms. The lowest BCUT2D eigenvalue weighted by Gasteiger charge is -2.27. The third kappa shape index (κ3) is 3.28. The minimum atomic E-state index is -0.220. The first-order chi connectivity index (χ1) is 11.0. The summed E-state index contributed by atoms with van der Waals surface area (Å²) in [5, 5.41) is 5.54. The van der Waals surface area contributed by atoms with Crippen molar-refractivity contribution < 1.29 is 14.4 Å². The van der Waals surface area contributed by atoms with E-state index in [0.29, 0.717) is 31.6 Å². The topological polar surface area (TPSA) is 81.8 Å². The average molecular weight is 316 g/mol. The predicted octanol–water partition coefficient (Wildman–Crippen LogP) is 0.949. The Morgan fingerprint density at radius 3 is 2.91 bits per heavy atom. The van der Waals surface area contributed by atoms with Gasteiger partial charge in [0.1, 0.15) is 6.54 Å². The van der Waals surface area contributed by atoms with E-state index < -0.39 is 0 Å². The van der Waals surface area contributed by atoms with Gasteiger partial charge < -0.3 is 20.4 Å². The third-order valence-corrected chi connectivity index (χ3v) is 4.21. The number of fused-ring (bicyclic) bond motifs is 1. The molecule has 7 nitrogen and oxygen atoms in total. The van der Waals surface area contributed by atoms with E-state index in [4.69, 9.17) is 0 Å². The van der Waals surface area contributed by atoms with Gasteiger partial charge in [0, 0.05) is 37.9 Å². The molecule has 122 valence electrons. The number of nitrogens with zero attached hydrogens (tertiary/aromatic N) is 2. The molecule has 1 fully saturated rings. The van der Waals surface area contributed by atoms with Crippen LogP contribution < -0.4 is 15.5 Å².